The number of carbonyl (C=O) groups excluding carboxylic acids is 1. The molecular weight excluding hydrogens is 270 g/mol. The average molecular weight is 291 g/mol. The molecule has 0 spiro atoms. The maximum atomic E-state index is 12.1. The summed E-state index contributed by atoms with van der Waals surface area (Å²) in [7, 11) is 0. The second-order valence-electron chi connectivity index (χ2n) is 5.20. The number of aryl methyl sites for hydroxylation is 1. The van der Waals surface area contributed by atoms with Gasteiger partial charge in [-0.3, -0.25) is 9.59 Å². The topological polar surface area (TPSA) is 66.8 Å². The van der Waals surface area contributed by atoms with Crippen molar-refractivity contribution >= 4 is 11.9 Å². The Hall–Kier alpha value is -2.04. The molecule has 1 aromatic rings. The lowest BCUT2D eigenvalue weighted by Crippen LogP contribution is -2.30. The van der Waals surface area contributed by atoms with Crippen LogP contribution in [-0.2, 0) is 16.0 Å². The van der Waals surface area contributed by atoms with E-state index in [1.54, 1.807) is 4.90 Å². The summed E-state index contributed by atoms with van der Waals surface area (Å²) in [6.45, 7) is 3.40. The number of amides is 1. The molecule has 5 heteroatoms. The first-order chi connectivity index (χ1) is 10.1. The van der Waals surface area contributed by atoms with Gasteiger partial charge in [0.15, 0.2) is 0 Å². The molecule has 1 N–H and O–H groups in total. The van der Waals surface area contributed by atoms with Crippen molar-refractivity contribution in [2.75, 3.05) is 19.7 Å². The number of carbonyl (C=O) groups is 2. The van der Waals surface area contributed by atoms with Crippen LogP contribution in [0.1, 0.15) is 25.3 Å². The van der Waals surface area contributed by atoms with Crippen LogP contribution in [0.2, 0.25) is 0 Å². The highest BCUT2D eigenvalue weighted by Gasteiger charge is 2.30. The number of aliphatic carboxylic acids is 1. The molecule has 1 amide bonds. The number of nitrogens with zero attached hydrogens (tertiary/aromatic N) is 1. The van der Waals surface area contributed by atoms with Crippen molar-refractivity contribution < 1.29 is 19.4 Å². The zero-order chi connectivity index (χ0) is 15.2. The van der Waals surface area contributed by atoms with Crippen LogP contribution in [0, 0.1) is 5.92 Å². The number of carboxylic acid groups (broad SMARTS) is 1. The summed E-state index contributed by atoms with van der Waals surface area (Å²) in [5, 5.41) is 8.96. The molecule has 1 unspecified atom stereocenters. The van der Waals surface area contributed by atoms with Gasteiger partial charge in [0.25, 0.3) is 0 Å². The number of benzene rings is 1. The molecule has 0 aromatic heterocycles. The summed E-state index contributed by atoms with van der Waals surface area (Å²) in [5.74, 6) is -0.390. The van der Waals surface area contributed by atoms with Gasteiger partial charge in [-0.1, -0.05) is 18.2 Å². The molecule has 0 aliphatic carbocycles. The second kappa shape index (κ2) is 7.11. The summed E-state index contributed by atoms with van der Waals surface area (Å²) in [6, 6.07) is 7.70. The van der Waals surface area contributed by atoms with Crippen LogP contribution in [0.25, 0.3) is 0 Å². The van der Waals surface area contributed by atoms with Gasteiger partial charge in [-0.05, 0) is 31.4 Å². The lowest BCUT2D eigenvalue weighted by Gasteiger charge is -2.16. The van der Waals surface area contributed by atoms with Crippen molar-refractivity contribution in [3.8, 4) is 5.75 Å². The molecule has 1 atom stereocenters. The molecule has 1 saturated heterocycles. The smallest absolute Gasteiger partial charge is 0.308 e. The van der Waals surface area contributed by atoms with E-state index in [1.807, 2.05) is 31.2 Å². The van der Waals surface area contributed by atoms with E-state index >= 15 is 0 Å². The molecular formula is C16H21NO4. The first kappa shape index (κ1) is 15.4. The molecule has 0 bridgehead atoms. The van der Waals surface area contributed by atoms with Crippen molar-refractivity contribution in [2.24, 2.45) is 5.92 Å². The van der Waals surface area contributed by atoms with E-state index in [-0.39, 0.29) is 5.91 Å². The summed E-state index contributed by atoms with van der Waals surface area (Å²) >= 11 is 0. The highest BCUT2D eigenvalue weighted by atomic mass is 16.5. The molecule has 1 aromatic carbocycles. The van der Waals surface area contributed by atoms with E-state index in [2.05, 4.69) is 0 Å². The second-order valence-corrected chi connectivity index (χ2v) is 5.20. The van der Waals surface area contributed by atoms with E-state index in [0.717, 1.165) is 11.3 Å². The van der Waals surface area contributed by atoms with Crippen molar-refractivity contribution in [3.63, 3.8) is 0 Å². The van der Waals surface area contributed by atoms with E-state index in [9.17, 15) is 9.59 Å². The lowest BCUT2D eigenvalue weighted by molar-refractivity contribution is -0.141. The molecule has 1 heterocycles. The van der Waals surface area contributed by atoms with Crippen molar-refractivity contribution in [2.45, 2.75) is 26.2 Å². The van der Waals surface area contributed by atoms with E-state index in [1.165, 1.54) is 0 Å². The maximum Gasteiger partial charge on any atom is 0.308 e. The fourth-order valence-electron chi connectivity index (χ4n) is 2.59. The quantitative estimate of drug-likeness (QED) is 0.870. The third kappa shape index (κ3) is 3.97. The summed E-state index contributed by atoms with van der Waals surface area (Å²) < 4.78 is 5.54. The Balaban J connectivity index is 1.89. The van der Waals surface area contributed by atoms with Crippen LogP contribution in [-0.4, -0.2) is 41.6 Å². The van der Waals surface area contributed by atoms with Crippen LogP contribution in [0.3, 0.4) is 0 Å². The number of para-hydroxylation sites is 1. The van der Waals surface area contributed by atoms with Gasteiger partial charge >= 0.3 is 5.97 Å². The minimum absolute atomic E-state index is 0.0186. The van der Waals surface area contributed by atoms with Crippen LogP contribution < -0.4 is 4.74 Å². The zero-order valence-corrected chi connectivity index (χ0v) is 12.2. The third-order valence-electron chi connectivity index (χ3n) is 3.77. The Morgan fingerprint density at radius 2 is 2.14 bits per heavy atom. The van der Waals surface area contributed by atoms with Crippen LogP contribution in [0.5, 0.6) is 5.75 Å². The lowest BCUT2D eigenvalue weighted by atomic mass is 10.1. The first-order valence-corrected chi connectivity index (χ1v) is 7.33. The van der Waals surface area contributed by atoms with Gasteiger partial charge < -0.3 is 14.7 Å². The predicted molar refractivity (Wildman–Crippen MR) is 78.3 cm³/mol. The van der Waals surface area contributed by atoms with Gasteiger partial charge in [0.2, 0.25) is 5.91 Å². The van der Waals surface area contributed by atoms with Gasteiger partial charge in [-0.25, -0.2) is 0 Å². The molecule has 2 rings (SSSR count). The van der Waals surface area contributed by atoms with E-state index in [4.69, 9.17) is 9.84 Å². The number of likely N-dealkylation sites (tertiary alicyclic amines) is 1. The number of hydrogen-bond donors (Lipinski definition) is 1. The Kier molecular flexibility index (Phi) is 5.20. The Labute approximate surface area is 124 Å². The molecule has 21 heavy (non-hydrogen) atoms. The predicted octanol–water partition coefficient (Wildman–Crippen LogP) is 1.95. The fraction of sp³-hybridized carbons (Fsp3) is 0.500. The molecule has 1 aliphatic rings. The highest BCUT2D eigenvalue weighted by Crippen LogP contribution is 2.21. The van der Waals surface area contributed by atoms with Gasteiger partial charge in [0, 0.05) is 19.5 Å². The molecule has 5 nitrogen and oxygen atoms in total. The minimum atomic E-state index is -0.813. The SMILES string of the molecule is CCOc1ccccc1CCC(=O)N1CCC(C(=O)O)C1. The van der Waals surface area contributed by atoms with Crippen LogP contribution in [0.15, 0.2) is 24.3 Å². The highest BCUT2D eigenvalue weighted by molar-refractivity contribution is 5.79. The van der Waals surface area contributed by atoms with Gasteiger partial charge in [-0.2, -0.15) is 0 Å². The van der Waals surface area contributed by atoms with Crippen molar-refractivity contribution in [1.29, 1.82) is 0 Å². The van der Waals surface area contributed by atoms with Crippen molar-refractivity contribution in [1.82, 2.24) is 4.90 Å². The number of hydrogen-bond acceptors (Lipinski definition) is 3. The fourth-order valence-corrected chi connectivity index (χ4v) is 2.59. The van der Waals surface area contributed by atoms with E-state index < -0.39 is 11.9 Å². The Bertz CT molecular complexity index is 515. The third-order valence-corrected chi connectivity index (χ3v) is 3.77. The summed E-state index contributed by atoms with van der Waals surface area (Å²) in [4.78, 5) is 24.7. The Morgan fingerprint density at radius 3 is 2.81 bits per heavy atom. The van der Waals surface area contributed by atoms with Crippen molar-refractivity contribution in [3.05, 3.63) is 29.8 Å². The molecule has 0 radical (unpaired) electrons. The zero-order valence-electron chi connectivity index (χ0n) is 12.2. The number of ether oxygens (including phenoxy) is 1. The van der Waals surface area contributed by atoms with Crippen LogP contribution in [0.4, 0.5) is 0 Å². The van der Waals surface area contributed by atoms with Crippen LogP contribution >= 0.6 is 0 Å². The Morgan fingerprint density at radius 1 is 1.38 bits per heavy atom. The first-order valence-electron chi connectivity index (χ1n) is 7.33. The molecule has 1 fully saturated rings. The summed E-state index contributed by atoms with van der Waals surface area (Å²) in [6.07, 6.45) is 1.55. The number of carboxylic acids is 1. The largest absolute Gasteiger partial charge is 0.494 e. The van der Waals surface area contributed by atoms with Gasteiger partial charge in [0.1, 0.15) is 5.75 Å². The monoisotopic (exact) mass is 291 g/mol. The normalized spacial score (nSPS) is 17.8. The number of rotatable bonds is 6. The average Bonchev–Trinajstić information content (AvgIpc) is 2.96. The van der Waals surface area contributed by atoms with Gasteiger partial charge in [0.05, 0.1) is 12.5 Å². The molecule has 114 valence electrons. The summed E-state index contributed by atoms with van der Waals surface area (Å²) in [5.41, 5.74) is 1.02. The van der Waals surface area contributed by atoms with E-state index in [0.29, 0.717) is 39.0 Å². The molecule has 1 aliphatic heterocycles. The standard InChI is InChI=1S/C16H21NO4/c1-2-21-14-6-4-3-5-12(14)7-8-15(18)17-10-9-13(11-17)16(19)20/h3-6,13H,2,7-11H2,1H3,(H,19,20). The minimum Gasteiger partial charge on any atom is -0.494 e. The maximum absolute atomic E-state index is 12.1. The van der Waals surface area contributed by atoms with Gasteiger partial charge in [-0.15, -0.1) is 0 Å². The molecule has 0 saturated carbocycles.